The number of carboxylic acids is 1. The van der Waals surface area contributed by atoms with Crippen molar-refractivity contribution in [3.05, 3.63) is 208 Å². The molecular weight excluding hydrogens is 2040 g/mol. The molecular formula is C108H136BBrCl5N17O15. The van der Waals surface area contributed by atoms with Gasteiger partial charge >= 0.3 is 43.2 Å². The zero-order chi connectivity index (χ0) is 108. The number of primary amides is 1. The number of nitrogens with zero attached hydrogens (tertiary/aromatic N) is 14. The predicted octanol–water partition coefficient (Wildman–Crippen LogP) is 24.6. The Kier molecular flexibility index (Phi) is 40.2. The van der Waals surface area contributed by atoms with Gasteiger partial charge in [0.05, 0.1) is 110 Å². The van der Waals surface area contributed by atoms with Crippen LogP contribution in [0.15, 0.2) is 121 Å². The first-order valence-electron chi connectivity index (χ1n) is 47.0. The lowest BCUT2D eigenvalue weighted by molar-refractivity contribution is 0.00578. The Morgan fingerprint density at radius 1 is 0.429 bits per heavy atom. The van der Waals surface area contributed by atoms with Crippen molar-refractivity contribution >= 4 is 200 Å². The molecule has 0 atom stereocenters. The van der Waals surface area contributed by atoms with Crippen LogP contribution in [0, 0.1) is 36.5 Å². The maximum atomic E-state index is 12.4. The number of benzene rings is 5. The van der Waals surface area contributed by atoms with Crippen LogP contribution in [0.25, 0.3) is 88.3 Å². The minimum Gasteiger partial charge on any atom is -0.478 e. The van der Waals surface area contributed by atoms with E-state index < -0.39 is 53.6 Å². The van der Waals surface area contributed by atoms with Gasteiger partial charge in [-0.25, -0.2) is 68.6 Å². The minimum absolute atomic E-state index is 0. The molecule has 147 heavy (non-hydrogen) atoms. The van der Waals surface area contributed by atoms with Crippen molar-refractivity contribution in [2.75, 3.05) is 37.7 Å². The number of methoxy groups -OCH3 is 3. The first-order valence-corrected chi connectivity index (χ1v) is 49.7. The number of anilines is 3. The van der Waals surface area contributed by atoms with Crippen LogP contribution in [0.3, 0.4) is 0 Å². The molecule has 39 heteroatoms. The van der Waals surface area contributed by atoms with E-state index in [1.165, 1.54) is 40.3 Å². The maximum Gasteiger partial charge on any atom is 0.497 e. The smallest absolute Gasteiger partial charge is 0.478 e. The molecule has 14 aromatic rings. The van der Waals surface area contributed by atoms with Gasteiger partial charge in [-0.15, -0.1) is 0 Å². The zero-order valence-electron chi connectivity index (χ0n) is 87.4. The van der Waals surface area contributed by atoms with Crippen molar-refractivity contribution in [3.63, 3.8) is 0 Å². The van der Waals surface area contributed by atoms with E-state index in [2.05, 4.69) is 168 Å². The molecule has 1 aliphatic heterocycles. The van der Waals surface area contributed by atoms with Gasteiger partial charge in [-0.05, 0) is 217 Å². The third kappa shape index (κ3) is 27.3. The molecule has 0 radical (unpaired) electrons. The Labute approximate surface area is 893 Å². The van der Waals surface area contributed by atoms with Gasteiger partial charge < -0.3 is 78.1 Å². The highest BCUT2D eigenvalue weighted by molar-refractivity contribution is 9.10. The summed E-state index contributed by atoms with van der Waals surface area (Å²) in [5.41, 5.74) is 33.4. The summed E-state index contributed by atoms with van der Waals surface area (Å²) in [6.45, 7) is 41.2. The van der Waals surface area contributed by atoms with Gasteiger partial charge in [0, 0.05) is 120 Å². The number of aromatic nitrogens is 13. The number of halogens is 6. The molecule has 788 valence electrons. The molecule has 5 aromatic carbocycles. The van der Waals surface area contributed by atoms with E-state index in [0.29, 0.717) is 101 Å². The van der Waals surface area contributed by atoms with Gasteiger partial charge in [0.2, 0.25) is 5.91 Å². The number of fused-ring (bicyclic) bond motifs is 5. The Bertz CT molecular complexity index is 7050. The standard InChI is InChI=1S/C21H30BNO4.C20H22ClN3O2.C18H20ClN5O.C18H19ClN4O2.C15H18BrNO2.C14H19Cl2N3O4.2CH4/c1-13(2)11-16-14(19(24)25-8)9-10-15-17(12-23(7)18(15)16)22-26-20(3,4)21(5,6)27-22;1-11(2)8-15-14(20(25)26-5)7-6-13-16(9-24(4)19(13)15)18-17(21)12(3)22-10-23-18;1-9(2)6-12-11(18(21)25)5-4-10-13(7-24(3)16(10)12)15-14(19)17(20)23-8-22-15;1-9(2)6-12-11(18(24)25)5-4-10-13(7-23(3)16(10)12)15-14(19)17(20)22-8-21-15;1-9(2)7-12-10(15(18)19-4)5-6-11-13(16)8-17(3)14(11)12;1-13(2,3)22-11(20)19(12(21)23-14(4,5)6)10-8(15)9(16)17-7-18-10;;/h9-10,12-13H,11H2,1-8H3;6-7,9-11H,8H2,1-5H3;4-5,7-9H,6H2,1-3H3,(H2,21,25)(H2,20,22,23);4-5,7-9H,6H2,1-3H3,(H,24,25)(H2,20,21,22);5-6,8-9H,7H2,1-4H3;7H,1-6H3;2*1H4. The highest BCUT2D eigenvalue weighted by Crippen LogP contribution is 2.45. The van der Waals surface area contributed by atoms with Gasteiger partial charge in [0.25, 0.3) is 0 Å². The van der Waals surface area contributed by atoms with Gasteiger partial charge in [-0.3, -0.25) is 4.79 Å². The van der Waals surface area contributed by atoms with E-state index >= 15 is 0 Å². The number of nitrogens with two attached hydrogens (primary N) is 3. The molecule has 7 N–H and O–H groups in total. The molecule has 32 nitrogen and oxygen atoms in total. The topological polar surface area (TPSA) is 413 Å². The Morgan fingerprint density at radius 2 is 0.728 bits per heavy atom. The van der Waals surface area contributed by atoms with Crippen molar-refractivity contribution in [2.45, 2.75) is 215 Å². The van der Waals surface area contributed by atoms with Crippen LogP contribution in [0.1, 0.15) is 239 Å². The van der Waals surface area contributed by atoms with Gasteiger partial charge in [0.1, 0.15) is 63.2 Å². The van der Waals surface area contributed by atoms with Crippen LogP contribution < -0.4 is 27.6 Å². The first kappa shape index (κ1) is 120. The van der Waals surface area contributed by atoms with Gasteiger partial charge in [-0.1, -0.05) is 172 Å². The molecule has 0 spiro atoms. The molecule has 1 saturated heterocycles. The third-order valence-electron chi connectivity index (χ3n) is 24.0. The minimum atomic E-state index is -0.983. The lowest BCUT2D eigenvalue weighted by atomic mass is 9.78. The maximum absolute atomic E-state index is 12.4. The highest BCUT2D eigenvalue weighted by Gasteiger charge is 2.53. The number of imide groups is 1. The number of carbonyl (C=O) groups is 7. The van der Waals surface area contributed by atoms with Gasteiger partial charge in [0.15, 0.2) is 11.0 Å². The second kappa shape index (κ2) is 49.2. The van der Waals surface area contributed by atoms with E-state index in [9.17, 15) is 38.7 Å². The van der Waals surface area contributed by atoms with Crippen LogP contribution in [-0.4, -0.2) is 161 Å². The molecule has 1 aliphatic rings. The second-order valence-electron chi connectivity index (χ2n) is 40.5. The van der Waals surface area contributed by atoms with Crippen LogP contribution in [0.5, 0.6) is 0 Å². The summed E-state index contributed by atoms with van der Waals surface area (Å²) in [4.78, 5) is 118. The third-order valence-corrected chi connectivity index (χ3v) is 26.5. The van der Waals surface area contributed by atoms with Crippen molar-refractivity contribution in [3.8, 4) is 33.8 Å². The summed E-state index contributed by atoms with van der Waals surface area (Å²) in [6, 6.07) is 18.5. The summed E-state index contributed by atoms with van der Waals surface area (Å²) in [7, 11) is 13.6. The molecule has 3 amide bonds. The van der Waals surface area contributed by atoms with Crippen molar-refractivity contribution in [1.29, 1.82) is 0 Å². The summed E-state index contributed by atoms with van der Waals surface area (Å²) < 4.78 is 48.9. The molecule has 0 unspecified atom stereocenters. The SMILES string of the molecule is C.C.CC(C)(C)OC(=O)N(C(=O)OC(C)(C)C)c1ncnc(Cl)c1Cl.CC(C)Cc1c(C(=O)O)ccc2c(-c3ncnc(N)c3Cl)cn(C)c12.CC(C)Cc1c(C(N)=O)ccc2c(-c3ncnc(N)c3Cl)cn(C)c12.COC(=O)c1ccc2c(-c3ncnc(C)c3Cl)cn(C)c2c1CC(C)C.COC(=O)c1ccc2c(B3OC(C)(C)C(C)(C)O3)cn(C)c2c1CC(C)C.COC(=O)c1ccc2c(Br)cn(C)c2c1CC(C)C. The van der Waals surface area contributed by atoms with Crippen molar-refractivity contribution < 1.29 is 71.7 Å². The number of nitrogen functional groups attached to an aromatic ring is 2. The molecule has 9 aromatic heterocycles. The molecule has 1 fully saturated rings. The Hall–Kier alpha value is -12.3. The lowest BCUT2D eigenvalue weighted by Gasteiger charge is -2.32. The average Bonchev–Trinajstić information content (AvgIpc) is 1.60. The number of hydrogen-bond acceptors (Lipinski definition) is 24. The summed E-state index contributed by atoms with van der Waals surface area (Å²) in [5, 5.41) is 15.5. The molecule has 15 rings (SSSR count). The highest BCUT2D eigenvalue weighted by atomic mass is 79.9. The van der Waals surface area contributed by atoms with Crippen LogP contribution in [-0.2, 0) is 100 Å². The van der Waals surface area contributed by atoms with Crippen LogP contribution >= 0.6 is 73.9 Å². The number of carboxylic acid groups (broad SMARTS) is 1. The zero-order valence-corrected chi connectivity index (χ0v) is 92.8. The number of carbonyl (C=O) groups excluding carboxylic acids is 6. The normalized spacial score (nSPS) is 12.6. The quantitative estimate of drug-likeness (QED) is 0.0238. The second-order valence-corrected chi connectivity index (χ2v) is 43.2. The molecule has 0 saturated carbocycles. The van der Waals surface area contributed by atoms with E-state index in [4.69, 9.17) is 108 Å². The Balaban J connectivity index is 0.000000215. The fourth-order valence-electron chi connectivity index (χ4n) is 17.2. The number of esters is 3. The molecule has 10 heterocycles. The van der Waals surface area contributed by atoms with E-state index in [1.54, 1.807) is 59.7 Å². The number of rotatable bonds is 20. The van der Waals surface area contributed by atoms with Crippen molar-refractivity contribution in [1.82, 2.24) is 62.7 Å². The monoisotopic (exact) mass is 2180 g/mol. The van der Waals surface area contributed by atoms with E-state index in [0.717, 1.165) is 147 Å². The van der Waals surface area contributed by atoms with Crippen LogP contribution in [0.4, 0.5) is 27.0 Å². The number of hydrogen-bond donors (Lipinski definition) is 4. The van der Waals surface area contributed by atoms with E-state index in [-0.39, 0.29) is 60.4 Å². The number of aryl methyl sites for hydroxylation is 6. The fourth-order valence-corrected chi connectivity index (χ4v) is 18.7. The summed E-state index contributed by atoms with van der Waals surface area (Å²) >= 11 is 34.4. The van der Waals surface area contributed by atoms with Crippen molar-refractivity contribution in [2.24, 2.45) is 70.6 Å². The largest absolute Gasteiger partial charge is 0.497 e. The van der Waals surface area contributed by atoms with Gasteiger partial charge in [-0.2, -0.15) is 4.90 Å². The summed E-state index contributed by atoms with van der Waals surface area (Å²) in [5.74, 6) is -0.0238. The van der Waals surface area contributed by atoms with E-state index in [1.807, 2.05) is 123 Å². The predicted molar refractivity (Wildman–Crippen MR) is 592 cm³/mol. The lowest BCUT2D eigenvalue weighted by Crippen LogP contribution is -2.44. The number of amides is 3. The Morgan fingerprint density at radius 3 is 1.08 bits per heavy atom. The molecule has 0 bridgehead atoms. The number of aromatic carboxylic acids is 1. The average molecular weight is 2180 g/mol. The number of ether oxygens (including phenoxy) is 5. The molecule has 0 aliphatic carbocycles. The first-order chi connectivity index (χ1) is 67.7. The fraction of sp³-hybridized carbons (Fsp3) is 0.417. The van der Waals surface area contributed by atoms with Crippen LogP contribution in [0.2, 0.25) is 25.2 Å². The summed E-state index contributed by atoms with van der Waals surface area (Å²) in [6.07, 6.45) is 17.1.